The van der Waals surface area contributed by atoms with Gasteiger partial charge in [0.25, 0.3) is 0 Å². The molecule has 90 valence electrons. The predicted octanol–water partition coefficient (Wildman–Crippen LogP) is 2.89. The number of benzene rings is 1. The van der Waals surface area contributed by atoms with Gasteiger partial charge in [0.05, 0.1) is 10.2 Å². The fraction of sp³-hybridized carbons (Fsp3) is 0.250. The van der Waals surface area contributed by atoms with Crippen molar-refractivity contribution in [1.82, 2.24) is 9.78 Å². The summed E-state index contributed by atoms with van der Waals surface area (Å²) in [5.41, 5.74) is 1.33. The number of hydrogen-bond donors (Lipinski definition) is 1. The van der Waals surface area contributed by atoms with Crippen molar-refractivity contribution in [2.45, 2.75) is 19.6 Å². The van der Waals surface area contributed by atoms with Crippen molar-refractivity contribution >= 4 is 15.9 Å². The number of halogens is 2. The molecule has 0 saturated heterocycles. The summed E-state index contributed by atoms with van der Waals surface area (Å²) in [6.07, 6.45) is 0.843. The molecule has 5 heteroatoms. The van der Waals surface area contributed by atoms with Crippen LogP contribution in [0.5, 0.6) is 0 Å². The summed E-state index contributed by atoms with van der Waals surface area (Å²) in [7, 11) is 0. The lowest BCUT2D eigenvalue weighted by molar-refractivity contribution is 0.208. The maximum absolute atomic E-state index is 13.1. The van der Waals surface area contributed by atoms with Crippen LogP contribution in [0.2, 0.25) is 0 Å². The van der Waals surface area contributed by atoms with Crippen LogP contribution in [0, 0.1) is 5.82 Å². The Kier molecular flexibility index (Phi) is 3.59. The first-order valence-corrected chi connectivity index (χ1v) is 6.07. The van der Waals surface area contributed by atoms with Gasteiger partial charge in [-0.25, -0.2) is 4.39 Å². The van der Waals surface area contributed by atoms with E-state index in [0.29, 0.717) is 22.3 Å². The van der Waals surface area contributed by atoms with Gasteiger partial charge in [0, 0.05) is 12.7 Å². The highest BCUT2D eigenvalue weighted by molar-refractivity contribution is 9.10. The molecule has 3 nitrogen and oxygen atoms in total. The monoisotopic (exact) mass is 298 g/mol. The highest BCUT2D eigenvalue weighted by atomic mass is 79.9. The number of aromatic nitrogens is 2. The zero-order chi connectivity index (χ0) is 12.4. The summed E-state index contributed by atoms with van der Waals surface area (Å²) in [6.45, 7) is 2.63. The summed E-state index contributed by atoms with van der Waals surface area (Å²) in [5, 5.41) is 14.3. The van der Waals surface area contributed by atoms with Gasteiger partial charge in [0.1, 0.15) is 11.9 Å². The lowest BCUT2D eigenvalue weighted by Gasteiger charge is -2.13. The summed E-state index contributed by atoms with van der Waals surface area (Å²) in [5.74, 6) is -0.343. The van der Waals surface area contributed by atoms with Crippen molar-refractivity contribution in [3.05, 3.63) is 52.0 Å². The molecule has 0 saturated carbocycles. The first-order valence-electron chi connectivity index (χ1n) is 5.28. The molecule has 1 atom stereocenters. The van der Waals surface area contributed by atoms with Gasteiger partial charge in [-0.2, -0.15) is 5.10 Å². The number of rotatable bonds is 3. The van der Waals surface area contributed by atoms with Crippen LogP contribution < -0.4 is 0 Å². The van der Waals surface area contributed by atoms with Gasteiger partial charge in [-0.3, -0.25) is 4.68 Å². The smallest absolute Gasteiger partial charge is 0.137 e. The Morgan fingerprint density at radius 3 is 2.88 bits per heavy atom. The molecule has 1 N–H and O–H groups in total. The van der Waals surface area contributed by atoms with Crippen LogP contribution in [0.4, 0.5) is 4.39 Å². The van der Waals surface area contributed by atoms with Crippen molar-refractivity contribution < 1.29 is 9.50 Å². The van der Waals surface area contributed by atoms with E-state index in [1.165, 1.54) is 6.07 Å². The molecule has 0 aliphatic carbocycles. The van der Waals surface area contributed by atoms with Crippen molar-refractivity contribution in [1.29, 1.82) is 0 Å². The standard InChI is InChI=1S/C12H12BrFN2O/c1-2-16-11(5-6-15-16)12(17)8-3-4-10(14)9(13)7-8/h3-7,12,17H,2H2,1H3. The second-order valence-electron chi connectivity index (χ2n) is 3.65. The lowest BCUT2D eigenvalue weighted by Crippen LogP contribution is -2.09. The fourth-order valence-electron chi connectivity index (χ4n) is 1.69. The van der Waals surface area contributed by atoms with Crippen LogP contribution in [-0.4, -0.2) is 14.9 Å². The molecule has 0 fully saturated rings. The lowest BCUT2D eigenvalue weighted by atomic mass is 10.1. The van der Waals surface area contributed by atoms with Gasteiger partial charge in [0.2, 0.25) is 0 Å². The molecule has 0 radical (unpaired) electrons. The number of hydrogen-bond acceptors (Lipinski definition) is 2. The van der Waals surface area contributed by atoms with Gasteiger partial charge >= 0.3 is 0 Å². The molecule has 2 rings (SSSR count). The number of nitrogens with zero attached hydrogens (tertiary/aromatic N) is 2. The minimum Gasteiger partial charge on any atom is -0.382 e. The molecule has 1 aromatic heterocycles. The zero-order valence-corrected chi connectivity index (χ0v) is 10.9. The third-order valence-corrected chi connectivity index (χ3v) is 3.20. The van der Waals surface area contributed by atoms with E-state index < -0.39 is 6.10 Å². The Labute approximate surface area is 107 Å². The predicted molar refractivity (Wildman–Crippen MR) is 66.1 cm³/mol. The van der Waals surface area contributed by atoms with Crippen LogP contribution in [0.15, 0.2) is 34.9 Å². The van der Waals surface area contributed by atoms with E-state index >= 15 is 0 Å². The highest BCUT2D eigenvalue weighted by Gasteiger charge is 2.15. The topological polar surface area (TPSA) is 38.0 Å². The molecule has 0 spiro atoms. The SMILES string of the molecule is CCn1nccc1C(O)c1ccc(F)c(Br)c1. The van der Waals surface area contributed by atoms with Gasteiger partial charge in [0.15, 0.2) is 0 Å². The number of aliphatic hydroxyl groups excluding tert-OH is 1. The van der Waals surface area contributed by atoms with Crippen molar-refractivity contribution in [2.75, 3.05) is 0 Å². The molecule has 17 heavy (non-hydrogen) atoms. The van der Waals surface area contributed by atoms with Gasteiger partial charge in [-0.05, 0) is 46.6 Å². The number of aryl methyl sites for hydroxylation is 1. The molecule has 0 aliphatic heterocycles. The molecule has 0 aliphatic rings. The normalized spacial score (nSPS) is 12.7. The molecule has 2 aromatic rings. The maximum Gasteiger partial charge on any atom is 0.137 e. The first kappa shape index (κ1) is 12.3. The molecule has 1 heterocycles. The van der Waals surface area contributed by atoms with E-state index in [0.717, 1.165) is 0 Å². The van der Waals surface area contributed by atoms with Crippen molar-refractivity contribution in [3.8, 4) is 0 Å². The highest BCUT2D eigenvalue weighted by Crippen LogP contribution is 2.25. The maximum atomic E-state index is 13.1. The van der Waals surface area contributed by atoms with Crippen LogP contribution in [0.25, 0.3) is 0 Å². The molecule has 0 amide bonds. The minimum absolute atomic E-state index is 0.343. The Bertz CT molecular complexity index is 527. The Morgan fingerprint density at radius 2 is 2.24 bits per heavy atom. The van der Waals surface area contributed by atoms with Crippen LogP contribution in [0.1, 0.15) is 24.3 Å². The van der Waals surface area contributed by atoms with Crippen LogP contribution in [-0.2, 0) is 6.54 Å². The molecule has 1 aromatic carbocycles. The van der Waals surface area contributed by atoms with E-state index in [9.17, 15) is 9.50 Å². The Morgan fingerprint density at radius 1 is 1.47 bits per heavy atom. The first-order chi connectivity index (χ1) is 8.13. The van der Waals surface area contributed by atoms with Crippen molar-refractivity contribution in [2.24, 2.45) is 0 Å². The summed E-state index contributed by atoms with van der Waals surface area (Å²) in [6, 6.07) is 6.23. The van der Waals surface area contributed by atoms with Crippen LogP contribution >= 0.6 is 15.9 Å². The summed E-state index contributed by atoms with van der Waals surface area (Å²) in [4.78, 5) is 0. The minimum atomic E-state index is -0.797. The van der Waals surface area contributed by atoms with Gasteiger partial charge in [-0.1, -0.05) is 6.07 Å². The Hall–Kier alpha value is -1.20. The second kappa shape index (κ2) is 4.98. The van der Waals surface area contributed by atoms with E-state index in [4.69, 9.17) is 0 Å². The molecule has 0 bridgehead atoms. The van der Waals surface area contributed by atoms with Crippen LogP contribution in [0.3, 0.4) is 0 Å². The molecular formula is C12H12BrFN2O. The fourth-order valence-corrected chi connectivity index (χ4v) is 2.09. The average molecular weight is 299 g/mol. The van der Waals surface area contributed by atoms with E-state index in [1.807, 2.05) is 6.92 Å². The largest absolute Gasteiger partial charge is 0.382 e. The Balaban J connectivity index is 2.36. The van der Waals surface area contributed by atoms with Gasteiger partial charge in [-0.15, -0.1) is 0 Å². The van der Waals surface area contributed by atoms with Crippen molar-refractivity contribution in [3.63, 3.8) is 0 Å². The summed E-state index contributed by atoms with van der Waals surface area (Å²) < 4.78 is 15.2. The van der Waals surface area contributed by atoms with E-state index in [1.54, 1.807) is 29.1 Å². The van der Waals surface area contributed by atoms with E-state index in [-0.39, 0.29) is 5.82 Å². The zero-order valence-electron chi connectivity index (χ0n) is 9.27. The third-order valence-electron chi connectivity index (χ3n) is 2.59. The second-order valence-corrected chi connectivity index (χ2v) is 4.50. The number of aliphatic hydroxyl groups is 1. The van der Waals surface area contributed by atoms with Gasteiger partial charge < -0.3 is 5.11 Å². The quantitative estimate of drug-likeness (QED) is 0.946. The molecular weight excluding hydrogens is 287 g/mol. The average Bonchev–Trinajstić information content (AvgIpc) is 2.80. The third kappa shape index (κ3) is 2.40. The van der Waals surface area contributed by atoms with E-state index in [2.05, 4.69) is 21.0 Å². The summed E-state index contributed by atoms with van der Waals surface area (Å²) >= 11 is 3.10. The molecule has 1 unspecified atom stereocenters.